The molecule has 0 saturated carbocycles. The zero-order chi connectivity index (χ0) is 14.8. The number of Topliss-reactive ketones (excluding diaryl/α,β-unsaturated/α-hetero) is 1. The second-order valence-corrected chi connectivity index (χ2v) is 6.92. The Hall–Kier alpha value is -1.15. The van der Waals surface area contributed by atoms with E-state index in [4.69, 9.17) is 0 Å². The minimum absolute atomic E-state index is 0.144. The molecule has 0 unspecified atom stereocenters. The maximum absolute atomic E-state index is 12.6. The molecule has 1 aliphatic heterocycles. The SMILES string of the molecule is CCN1CCC[C@H](C(=O)c2ccc(C(C)(C)C)cc2)C1. The highest BCUT2D eigenvalue weighted by atomic mass is 16.1. The molecule has 0 aliphatic carbocycles. The van der Waals surface area contributed by atoms with Crippen LogP contribution in [-0.4, -0.2) is 30.3 Å². The van der Waals surface area contributed by atoms with Gasteiger partial charge in [0.15, 0.2) is 5.78 Å². The van der Waals surface area contributed by atoms with Gasteiger partial charge in [0.05, 0.1) is 0 Å². The van der Waals surface area contributed by atoms with Crippen molar-refractivity contribution in [3.63, 3.8) is 0 Å². The summed E-state index contributed by atoms with van der Waals surface area (Å²) in [5.41, 5.74) is 2.31. The van der Waals surface area contributed by atoms with Crippen molar-refractivity contribution in [2.24, 2.45) is 5.92 Å². The molecule has 2 nitrogen and oxygen atoms in total. The van der Waals surface area contributed by atoms with E-state index in [0.717, 1.165) is 38.0 Å². The fraction of sp³-hybridized carbons (Fsp3) is 0.611. The molecule has 1 aromatic carbocycles. The van der Waals surface area contributed by atoms with Crippen molar-refractivity contribution < 1.29 is 4.79 Å². The molecule has 0 N–H and O–H groups in total. The van der Waals surface area contributed by atoms with Crippen LogP contribution in [0.3, 0.4) is 0 Å². The van der Waals surface area contributed by atoms with Gasteiger partial charge in [-0.05, 0) is 36.9 Å². The largest absolute Gasteiger partial charge is 0.303 e. The molecule has 110 valence electrons. The van der Waals surface area contributed by atoms with Crippen LogP contribution in [0.4, 0.5) is 0 Å². The Labute approximate surface area is 123 Å². The third-order valence-corrected chi connectivity index (χ3v) is 4.36. The summed E-state index contributed by atoms with van der Waals surface area (Å²) in [6.07, 6.45) is 2.18. The van der Waals surface area contributed by atoms with Crippen LogP contribution in [0.1, 0.15) is 56.5 Å². The molecule has 0 radical (unpaired) electrons. The lowest BCUT2D eigenvalue weighted by Crippen LogP contribution is -2.38. The Morgan fingerprint density at radius 3 is 2.45 bits per heavy atom. The molecule has 1 fully saturated rings. The third-order valence-electron chi connectivity index (χ3n) is 4.36. The predicted octanol–water partition coefficient (Wildman–Crippen LogP) is 3.90. The topological polar surface area (TPSA) is 20.3 Å². The number of hydrogen-bond donors (Lipinski definition) is 0. The third kappa shape index (κ3) is 3.49. The van der Waals surface area contributed by atoms with Gasteiger partial charge in [0.2, 0.25) is 0 Å². The molecule has 1 aliphatic rings. The number of nitrogens with zero attached hydrogens (tertiary/aromatic N) is 1. The van der Waals surface area contributed by atoms with Gasteiger partial charge in [-0.2, -0.15) is 0 Å². The average Bonchev–Trinajstić information content (AvgIpc) is 2.46. The fourth-order valence-corrected chi connectivity index (χ4v) is 2.93. The molecule has 1 heterocycles. The van der Waals surface area contributed by atoms with E-state index in [2.05, 4.69) is 44.7 Å². The number of ketones is 1. The quantitative estimate of drug-likeness (QED) is 0.779. The lowest BCUT2D eigenvalue weighted by molar-refractivity contribution is 0.0825. The molecule has 0 bridgehead atoms. The maximum Gasteiger partial charge on any atom is 0.167 e. The first kappa shape index (κ1) is 15.2. The Kier molecular flexibility index (Phi) is 4.64. The molecule has 0 spiro atoms. The Bertz CT molecular complexity index is 455. The van der Waals surface area contributed by atoms with Gasteiger partial charge in [-0.25, -0.2) is 0 Å². The highest BCUT2D eigenvalue weighted by molar-refractivity contribution is 5.98. The number of carbonyl (C=O) groups excluding carboxylic acids is 1. The molecule has 20 heavy (non-hydrogen) atoms. The van der Waals surface area contributed by atoms with E-state index in [1.807, 2.05) is 12.1 Å². The van der Waals surface area contributed by atoms with Crippen LogP contribution in [0, 0.1) is 5.92 Å². The van der Waals surface area contributed by atoms with Crippen molar-refractivity contribution in [2.75, 3.05) is 19.6 Å². The first-order chi connectivity index (χ1) is 9.41. The van der Waals surface area contributed by atoms with Crippen molar-refractivity contribution >= 4 is 5.78 Å². The van der Waals surface area contributed by atoms with Gasteiger partial charge in [-0.15, -0.1) is 0 Å². The molecule has 1 atom stereocenters. The maximum atomic E-state index is 12.6. The normalized spacial score (nSPS) is 20.9. The van der Waals surface area contributed by atoms with Crippen molar-refractivity contribution in [1.29, 1.82) is 0 Å². The van der Waals surface area contributed by atoms with Crippen LogP contribution in [0.25, 0.3) is 0 Å². The van der Waals surface area contributed by atoms with Gasteiger partial charge in [-0.3, -0.25) is 4.79 Å². The van der Waals surface area contributed by atoms with Crippen molar-refractivity contribution in [1.82, 2.24) is 4.90 Å². The van der Waals surface area contributed by atoms with Crippen LogP contribution in [0.2, 0.25) is 0 Å². The number of likely N-dealkylation sites (tertiary alicyclic amines) is 1. The molecule has 0 amide bonds. The van der Waals surface area contributed by atoms with E-state index in [1.54, 1.807) is 0 Å². The summed E-state index contributed by atoms with van der Waals surface area (Å²) < 4.78 is 0. The number of rotatable bonds is 3. The number of piperidine rings is 1. The highest BCUT2D eigenvalue weighted by Crippen LogP contribution is 2.25. The van der Waals surface area contributed by atoms with E-state index >= 15 is 0 Å². The number of carbonyl (C=O) groups is 1. The fourth-order valence-electron chi connectivity index (χ4n) is 2.93. The second kappa shape index (κ2) is 6.09. The van der Waals surface area contributed by atoms with Crippen LogP contribution >= 0.6 is 0 Å². The molecule has 0 aromatic heterocycles. The standard InChI is InChI=1S/C18H27NO/c1-5-19-12-6-7-15(13-19)17(20)14-8-10-16(11-9-14)18(2,3)4/h8-11,15H,5-7,12-13H2,1-4H3/t15-/m0/s1. The smallest absolute Gasteiger partial charge is 0.167 e. The Morgan fingerprint density at radius 2 is 1.90 bits per heavy atom. The predicted molar refractivity (Wildman–Crippen MR) is 84.3 cm³/mol. The van der Waals surface area contributed by atoms with Gasteiger partial charge in [0, 0.05) is 18.0 Å². The van der Waals surface area contributed by atoms with E-state index in [-0.39, 0.29) is 11.3 Å². The molecular weight excluding hydrogens is 246 g/mol. The summed E-state index contributed by atoms with van der Waals surface area (Å²) >= 11 is 0. The number of hydrogen-bond acceptors (Lipinski definition) is 2. The number of benzene rings is 1. The zero-order valence-corrected chi connectivity index (χ0v) is 13.3. The van der Waals surface area contributed by atoms with Crippen LogP contribution in [0.15, 0.2) is 24.3 Å². The molecule has 1 aromatic rings. The van der Waals surface area contributed by atoms with Crippen LogP contribution in [-0.2, 0) is 5.41 Å². The lowest BCUT2D eigenvalue weighted by atomic mass is 9.85. The van der Waals surface area contributed by atoms with Gasteiger partial charge >= 0.3 is 0 Å². The summed E-state index contributed by atoms with van der Waals surface area (Å²) in [5.74, 6) is 0.507. The highest BCUT2D eigenvalue weighted by Gasteiger charge is 2.26. The Morgan fingerprint density at radius 1 is 1.25 bits per heavy atom. The molecular formula is C18H27NO. The monoisotopic (exact) mass is 273 g/mol. The molecule has 2 heteroatoms. The summed E-state index contributed by atoms with van der Waals surface area (Å²) in [6.45, 7) is 11.9. The summed E-state index contributed by atoms with van der Waals surface area (Å²) in [4.78, 5) is 15.0. The van der Waals surface area contributed by atoms with E-state index in [1.165, 1.54) is 5.56 Å². The van der Waals surface area contributed by atoms with E-state index in [0.29, 0.717) is 5.78 Å². The second-order valence-electron chi connectivity index (χ2n) is 6.92. The van der Waals surface area contributed by atoms with Crippen LogP contribution in [0.5, 0.6) is 0 Å². The van der Waals surface area contributed by atoms with Gasteiger partial charge in [0.25, 0.3) is 0 Å². The zero-order valence-electron chi connectivity index (χ0n) is 13.3. The van der Waals surface area contributed by atoms with Crippen molar-refractivity contribution in [3.05, 3.63) is 35.4 Å². The van der Waals surface area contributed by atoms with E-state index in [9.17, 15) is 4.79 Å². The summed E-state index contributed by atoms with van der Waals surface area (Å²) in [5, 5.41) is 0. The lowest BCUT2D eigenvalue weighted by Gasteiger charge is -2.31. The summed E-state index contributed by atoms with van der Waals surface area (Å²) in [6, 6.07) is 8.23. The first-order valence-corrected chi connectivity index (χ1v) is 7.79. The van der Waals surface area contributed by atoms with Gasteiger partial charge < -0.3 is 4.90 Å². The van der Waals surface area contributed by atoms with Gasteiger partial charge in [0.1, 0.15) is 0 Å². The minimum Gasteiger partial charge on any atom is -0.303 e. The van der Waals surface area contributed by atoms with Crippen molar-refractivity contribution in [3.8, 4) is 0 Å². The van der Waals surface area contributed by atoms with E-state index < -0.39 is 0 Å². The summed E-state index contributed by atoms with van der Waals surface area (Å²) in [7, 11) is 0. The van der Waals surface area contributed by atoms with Crippen molar-refractivity contribution in [2.45, 2.75) is 46.0 Å². The Balaban J connectivity index is 2.09. The first-order valence-electron chi connectivity index (χ1n) is 7.79. The molecule has 2 rings (SSSR count). The minimum atomic E-state index is 0.144. The molecule has 1 saturated heterocycles. The van der Waals surface area contributed by atoms with Crippen LogP contribution < -0.4 is 0 Å². The average molecular weight is 273 g/mol. The van der Waals surface area contributed by atoms with Gasteiger partial charge in [-0.1, -0.05) is 52.0 Å².